The Bertz CT molecular complexity index is 759. The largest absolute Gasteiger partial charge is 0.490 e. The number of alkyl halides is 3. The van der Waals surface area contributed by atoms with Gasteiger partial charge in [0.1, 0.15) is 0 Å². The van der Waals surface area contributed by atoms with Crippen molar-refractivity contribution in [1.82, 2.24) is 24.5 Å². The van der Waals surface area contributed by atoms with E-state index in [1.165, 1.54) is 11.1 Å². The quantitative estimate of drug-likeness (QED) is 0.809. The van der Waals surface area contributed by atoms with Gasteiger partial charge in [0, 0.05) is 51.2 Å². The highest BCUT2D eigenvalue weighted by molar-refractivity contribution is 5.73. The van der Waals surface area contributed by atoms with Gasteiger partial charge >= 0.3 is 12.1 Å². The highest BCUT2D eigenvalue weighted by Gasteiger charge is 2.38. The van der Waals surface area contributed by atoms with Crippen molar-refractivity contribution in [2.24, 2.45) is 14.1 Å². The maximum absolute atomic E-state index is 10.6. The molecule has 27 heavy (non-hydrogen) atoms. The topological polar surface area (TPSA) is 96.4 Å². The van der Waals surface area contributed by atoms with Gasteiger partial charge in [-0.15, -0.1) is 0 Å². The normalized spacial score (nSPS) is 20.4. The van der Waals surface area contributed by atoms with Crippen molar-refractivity contribution in [2.45, 2.75) is 37.7 Å². The molecule has 3 heterocycles. The van der Waals surface area contributed by atoms with Crippen LogP contribution in [-0.2, 0) is 31.9 Å². The Hall–Kier alpha value is -2.40. The van der Waals surface area contributed by atoms with Crippen LogP contribution in [0, 0.1) is 0 Å². The van der Waals surface area contributed by atoms with Gasteiger partial charge in [-0.05, 0) is 18.4 Å². The van der Waals surface area contributed by atoms with Gasteiger partial charge in [0.15, 0.2) is 0 Å². The molecular weight excluding hydrogens is 367 g/mol. The summed E-state index contributed by atoms with van der Waals surface area (Å²) in [7, 11) is 3.84. The molecule has 2 aromatic rings. The van der Waals surface area contributed by atoms with Crippen LogP contribution < -0.4 is 0 Å². The van der Waals surface area contributed by atoms with Crippen LogP contribution >= 0.6 is 0 Å². The first kappa shape index (κ1) is 20.9. The van der Waals surface area contributed by atoms with E-state index in [-0.39, 0.29) is 12.1 Å². The molecule has 0 bridgehead atoms. The van der Waals surface area contributed by atoms with Crippen molar-refractivity contribution >= 4 is 5.97 Å². The van der Waals surface area contributed by atoms with Crippen LogP contribution in [0.15, 0.2) is 24.8 Å². The number of aryl methyl sites for hydroxylation is 2. The van der Waals surface area contributed by atoms with Crippen molar-refractivity contribution in [2.75, 3.05) is 6.54 Å². The highest BCUT2D eigenvalue weighted by Crippen LogP contribution is 2.23. The lowest BCUT2D eigenvalue weighted by Gasteiger charge is -2.25. The Balaban J connectivity index is 0.000000321. The zero-order valence-electron chi connectivity index (χ0n) is 15.0. The fourth-order valence-corrected chi connectivity index (χ4v) is 2.97. The van der Waals surface area contributed by atoms with Gasteiger partial charge in [0.2, 0.25) is 0 Å². The number of halogens is 3. The summed E-state index contributed by atoms with van der Waals surface area (Å²) < 4.78 is 35.4. The van der Waals surface area contributed by atoms with E-state index in [0.29, 0.717) is 0 Å². The second-order valence-corrected chi connectivity index (χ2v) is 6.45. The molecule has 2 aromatic heterocycles. The van der Waals surface area contributed by atoms with E-state index in [1.807, 2.05) is 48.2 Å². The van der Waals surface area contributed by atoms with Gasteiger partial charge in [-0.3, -0.25) is 14.3 Å². The average molecular weight is 389 g/mol. The number of hydrogen-bond acceptors (Lipinski definition) is 5. The summed E-state index contributed by atoms with van der Waals surface area (Å²) in [5.74, 6) is -2.76. The first-order valence-electron chi connectivity index (χ1n) is 8.23. The molecule has 0 aliphatic carbocycles. The number of rotatable bonds is 4. The van der Waals surface area contributed by atoms with Crippen molar-refractivity contribution in [1.29, 1.82) is 0 Å². The summed E-state index contributed by atoms with van der Waals surface area (Å²) in [5, 5.41) is 25.7. The molecule has 1 aliphatic heterocycles. The molecule has 11 heteroatoms. The molecule has 150 valence electrons. The maximum atomic E-state index is 10.6. The van der Waals surface area contributed by atoms with Gasteiger partial charge < -0.3 is 10.2 Å². The molecule has 0 unspecified atom stereocenters. The average Bonchev–Trinajstić information content (AvgIpc) is 3.25. The van der Waals surface area contributed by atoms with Crippen LogP contribution in [0.5, 0.6) is 0 Å². The Morgan fingerprint density at radius 3 is 2.15 bits per heavy atom. The third-order valence-electron chi connectivity index (χ3n) is 4.21. The van der Waals surface area contributed by atoms with Crippen molar-refractivity contribution in [3.8, 4) is 0 Å². The Morgan fingerprint density at radius 2 is 1.70 bits per heavy atom. The molecule has 1 saturated heterocycles. The number of carboxylic acid groups (broad SMARTS) is 1. The predicted octanol–water partition coefficient (Wildman–Crippen LogP) is 0.965. The molecule has 0 spiro atoms. The van der Waals surface area contributed by atoms with E-state index in [0.717, 1.165) is 25.9 Å². The minimum absolute atomic E-state index is 0.166. The van der Waals surface area contributed by atoms with E-state index in [9.17, 15) is 18.3 Å². The summed E-state index contributed by atoms with van der Waals surface area (Å²) in [6, 6.07) is 0.166. The number of aliphatic hydroxyl groups is 1. The zero-order chi connectivity index (χ0) is 20.2. The van der Waals surface area contributed by atoms with E-state index in [1.54, 1.807) is 0 Å². The minimum Gasteiger partial charge on any atom is -0.475 e. The monoisotopic (exact) mass is 389 g/mol. The lowest BCUT2D eigenvalue weighted by atomic mass is 10.0. The number of aromatic nitrogens is 4. The molecule has 1 fully saturated rings. The summed E-state index contributed by atoms with van der Waals surface area (Å²) in [6.07, 6.45) is 4.17. The molecule has 1 aliphatic rings. The highest BCUT2D eigenvalue weighted by atomic mass is 19.4. The summed E-state index contributed by atoms with van der Waals surface area (Å²) in [4.78, 5) is 11.2. The number of likely N-dealkylation sites (tertiary alicyclic amines) is 1. The third kappa shape index (κ3) is 6.07. The maximum Gasteiger partial charge on any atom is 0.490 e. The number of hydrogen-bond donors (Lipinski definition) is 2. The number of aliphatic carboxylic acids is 1. The van der Waals surface area contributed by atoms with Crippen molar-refractivity contribution < 1.29 is 28.2 Å². The molecular formula is C16H22F3N5O3. The Kier molecular flexibility index (Phi) is 6.60. The third-order valence-corrected chi connectivity index (χ3v) is 4.21. The molecule has 0 radical (unpaired) electrons. The van der Waals surface area contributed by atoms with Gasteiger partial charge in [0.05, 0.1) is 18.5 Å². The van der Waals surface area contributed by atoms with Crippen LogP contribution in [0.25, 0.3) is 0 Å². The zero-order valence-corrected chi connectivity index (χ0v) is 15.0. The lowest BCUT2D eigenvalue weighted by Crippen LogP contribution is -2.36. The van der Waals surface area contributed by atoms with Crippen LogP contribution in [-0.4, -0.2) is 65.5 Å². The number of carbonyl (C=O) groups is 1. The molecule has 0 saturated carbocycles. The van der Waals surface area contributed by atoms with Gasteiger partial charge in [-0.2, -0.15) is 23.4 Å². The van der Waals surface area contributed by atoms with E-state index in [4.69, 9.17) is 9.90 Å². The molecule has 0 amide bonds. The molecule has 8 nitrogen and oxygen atoms in total. The summed E-state index contributed by atoms with van der Waals surface area (Å²) >= 11 is 0. The fourth-order valence-electron chi connectivity index (χ4n) is 2.97. The van der Waals surface area contributed by atoms with Gasteiger partial charge in [0.25, 0.3) is 0 Å². The van der Waals surface area contributed by atoms with E-state index >= 15 is 0 Å². The Labute approximate surface area is 153 Å². The molecule has 2 N–H and O–H groups in total. The smallest absolute Gasteiger partial charge is 0.475 e. The van der Waals surface area contributed by atoms with Gasteiger partial charge in [-0.25, -0.2) is 4.79 Å². The Morgan fingerprint density at radius 1 is 1.19 bits per heavy atom. The molecule has 3 rings (SSSR count). The first-order chi connectivity index (χ1) is 12.6. The van der Waals surface area contributed by atoms with Gasteiger partial charge in [-0.1, -0.05) is 0 Å². The first-order valence-corrected chi connectivity index (χ1v) is 8.23. The SMILES string of the molecule is Cn1cc(C[C@H]2[C@H](O)CCN2Cc2cnn(C)c2)cn1.O=C(O)C(F)(F)F. The van der Waals surface area contributed by atoms with E-state index < -0.39 is 12.1 Å². The fraction of sp³-hybridized carbons (Fsp3) is 0.562. The number of carboxylic acids is 1. The van der Waals surface area contributed by atoms with Crippen molar-refractivity contribution in [3.63, 3.8) is 0 Å². The van der Waals surface area contributed by atoms with Crippen LogP contribution in [0.1, 0.15) is 17.5 Å². The number of nitrogens with zero attached hydrogens (tertiary/aromatic N) is 5. The van der Waals surface area contributed by atoms with Crippen LogP contribution in [0.3, 0.4) is 0 Å². The van der Waals surface area contributed by atoms with Crippen LogP contribution in [0.4, 0.5) is 13.2 Å². The molecule has 0 aromatic carbocycles. The predicted molar refractivity (Wildman–Crippen MR) is 88.6 cm³/mol. The van der Waals surface area contributed by atoms with E-state index in [2.05, 4.69) is 15.1 Å². The summed E-state index contributed by atoms with van der Waals surface area (Å²) in [5.41, 5.74) is 2.37. The molecule has 2 atom stereocenters. The second kappa shape index (κ2) is 8.53. The second-order valence-electron chi connectivity index (χ2n) is 6.45. The number of aliphatic hydroxyl groups excluding tert-OH is 1. The van der Waals surface area contributed by atoms with Crippen molar-refractivity contribution in [3.05, 3.63) is 35.9 Å². The van der Waals surface area contributed by atoms with Crippen LogP contribution in [0.2, 0.25) is 0 Å². The standard InChI is InChI=1S/C14H21N5O.C2HF3O2/c1-17-8-11(6-15-17)5-13-14(20)3-4-19(13)10-12-7-16-18(2)9-12;3-2(4,5)1(6)7/h6-9,13-14,20H,3-5,10H2,1-2H3;(H,6,7)/t13-,14+;/m0./s1. The summed E-state index contributed by atoms with van der Waals surface area (Å²) in [6.45, 7) is 1.77. The minimum atomic E-state index is -5.08. The lowest BCUT2D eigenvalue weighted by molar-refractivity contribution is -0.192.